The third kappa shape index (κ3) is 1.87. The Labute approximate surface area is 128 Å². The highest BCUT2D eigenvalue weighted by Crippen LogP contribution is 2.43. The minimum Gasteiger partial charge on any atom is -0.321 e. The number of thiol groups is 1. The highest BCUT2D eigenvalue weighted by atomic mass is 35.5. The van der Waals surface area contributed by atoms with Gasteiger partial charge in [-0.2, -0.15) is 0 Å². The van der Waals surface area contributed by atoms with Crippen LogP contribution in [0.1, 0.15) is 0 Å². The first-order valence-corrected chi connectivity index (χ1v) is 9.14. The summed E-state index contributed by atoms with van der Waals surface area (Å²) in [6, 6.07) is 15.5. The maximum absolute atomic E-state index is 13.0. The number of hydrogen-bond acceptors (Lipinski definition) is 2. The lowest BCUT2D eigenvalue weighted by Crippen LogP contribution is -2.25. The summed E-state index contributed by atoms with van der Waals surface area (Å²) in [6.07, 6.45) is 1.75. The van der Waals surface area contributed by atoms with Gasteiger partial charge in [0.05, 0.1) is 11.2 Å². The molecule has 0 bridgehead atoms. The van der Waals surface area contributed by atoms with Gasteiger partial charge in [-0.15, -0.1) is 0 Å². The maximum Gasteiger partial charge on any atom is 0.129 e. The molecule has 21 heavy (non-hydrogen) atoms. The quantitative estimate of drug-likeness (QED) is 0.488. The van der Waals surface area contributed by atoms with Crippen molar-refractivity contribution in [2.75, 3.05) is 11.0 Å². The molecule has 0 aliphatic carbocycles. The Morgan fingerprint density at radius 2 is 1.81 bits per heavy atom. The molecule has 5 heteroatoms. The number of hydrogen-bond donors (Lipinski definition) is 2. The van der Waals surface area contributed by atoms with Gasteiger partial charge in [0.25, 0.3) is 0 Å². The predicted octanol–water partition coefficient (Wildman–Crippen LogP) is 3.90. The predicted molar refractivity (Wildman–Crippen MR) is 89.5 cm³/mol. The van der Waals surface area contributed by atoms with Gasteiger partial charge in [-0.1, -0.05) is 41.9 Å². The van der Waals surface area contributed by atoms with Crippen LogP contribution in [0.2, 0.25) is 5.15 Å². The third-order valence-corrected chi connectivity index (χ3v) is 5.98. The van der Waals surface area contributed by atoms with Crippen molar-refractivity contribution < 1.29 is 4.21 Å². The van der Waals surface area contributed by atoms with Crippen LogP contribution in [0.3, 0.4) is 0 Å². The smallest absolute Gasteiger partial charge is 0.129 e. The van der Waals surface area contributed by atoms with Crippen molar-refractivity contribution in [3.05, 3.63) is 53.7 Å². The molecule has 0 atom stereocenters. The number of rotatable bonds is 0. The van der Waals surface area contributed by atoms with Crippen LogP contribution in [0.5, 0.6) is 0 Å². The van der Waals surface area contributed by atoms with Crippen molar-refractivity contribution in [3.8, 4) is 11.1 Å². The molecule has 3 nitrogen and oxygen atoms in total. The second-order valence-corrected chi connectivity index (χ2v) is 8.19. The van der Waals surface area contributed by atoms with Gasteiger partial charge in [0, 0.05) is 22.1 Å². The number of nitrogens with one attached hydrogen (secondary N) is 1. The summed E-state index contributed by atoms with van der Waals surface area (Å²) in [5, 5.41) is 1.41. The van der Waals surface area contributed by atoms with Gasteiger partial charge in [0.1, 0.15) is 5.15 Å². The molecule has 1 aliphatic rings. The molecule has 3 aromatic rings. The Morgan fingerprint density at radius 3 is 2.67 bits per heavy atom. The van der Waals surface area contributed by atoms with E-state index in [4.69, 9.17) is 11.6 Å². The van der Waals surface area contributed by atoms with Crippen molar-refractivity contribution >= 4 is 38.3 Å². The highest BCUT2D eigenvalue weighted by molar-refractivity contribution is 8.03. The van der Waals surface area contributed by atoms with Crippen LogP contribution in [-0.2, 0) is 10.1 Å². The molecule has 2 aromatic carbocycles. The zero-order valence-corrected chi connectivity index (χ0v) is 12.9. The molecule has 4 rings (SSSR count). The van der Waals surface area contributed by atoms with E-state index in [-0.39, 0.29) is 0 Å². The van der Waals surface area contributed by atoms with Crippen LogP contribution >= 0.6 is 11.6 Å². The SMILES string of the molecule is C[SH]1(=O)Nc2c(ccc3ccc(Cl)nc23)-c2ccccc21. The van der Waals surface area contributed by atoms with Crippen molar-refractivity contribution in [1.29, 1.82) is 0 Å². The summed E-state index contributed by atoms with van der Waals surface area (Å²) in [5.41, 5.74) is 3.58. The maximum atomic E-state index is 13.0. The number of pyridine rings is 1. The fourth-order valence-electron chi connectivity index (χ4n) is 2.85. The molecule has 2 heterocycles. The van der Waals surface area contributed by atoms with E-state index in [2.05, 4.69) is 9.71 Å². The number of benzene rings is 2. The molecule has 0 fully saturated rings. The number of halogens is 1. The summed E-state index contributed by atoms with van der Waals surface area (Å²) in [5.74, 6) is 0. The molecule has 0 unspecified atom stereocenters. The average molecular weight is 317 g/mol. The molecule has 0 amide bonds. The molecule has 106 valence electrons. The number of aromatic nitrogens is 1. The second-order valence-electron chi connectivity index (χ2n) is 5.25. The van der Waals surface area contributed by atoms with E-state index in [1.807, 2.05) is 42.5 Å². The number of anilines is 1. The standard InChI is InChI=1S/C16H13ClN2OS/c1-21(20)13-5-3-2-4-11(13)12-8-6-10-7-9-14(17)18-15(10)16(12)19-21/h2-9,21H,1H3,(H,19,20). The lowest BCUT2D eigenvalue weighted by molar-refractivity contribution is 0.678. The van der Waals surface area contributed by atoms with E-state index >= 15 is 0 Å². The molecular formula is C16H13ClN2OS. The van der Waals surface area contributed by atoms with E-state index in [1.165, 1.54) is 0 Å². The minimum absolute atomic E-state index is 0.433. The molecule has 0 spiro atoms. The fourth-order valence-corrected chi connectivity index (χ4v) is 4.80. The second kappa shape index (κ2) is 4.29. The molecule has 1 aliphatic heterocycles. The summed E-state index contributed by atoms with van der Waals surface area (Å²) < 4.78 is 16.2. The van der Waals surface area contributed by atoms with Crippen molar-refractivity contribution in [1.82, 2.24) is 4.98 Å². The van der Waals surface area contributed by atoms with Gasteiger partial charge in [-0.3, -0.25) is 4.21 Å². The molecule has 0 saturated heterocycles. The van der Waals surface area contributed by atoms with Crippen LogP contribution in [0.25, 0.3) is 22.0 Å². The van der Waals surface area contributed by atoms with E-state index < -0.39 is 10.1 Å². The molecule has 0 radical (unpaired) electrons. The van der Waals surface area contributed by atoms with Crippen LogP contribution in [-0.4, -0.2) is 15.4 Å². The average Bonchev–Trinajstić information content (AvgIpc) is 2.47. The molecule has 0 saturated carbocycles. The number of fused-ring (bicyclic) bond motifs is 5. The van der Waals surface area contributed by atoms with Gasteiger partial charge in [0.15, 0.2) is 0 Å². The van der Waals surface area contributed by atoms with Gasteiger partial charge in [-0.25, -0.2) is 4.98 Å². The third-order valence-electron chi connectivity index (χ3n) is 3.81. The summed E-state index contributed by atoms with van der Waals surface area (Å²) >= 11 is 6.02. The first-order valence-electron chi connectivity index (χ1n) is 6.61. The van der Waals surface area contributed by atoms with Gasteiger partial charge >= 0.3 is 0 Å². The summed E-state index contributed by atoms with van der Waals surface area (Å²) in [6.45, 7) is 0. The van der Waals surface area contributed by atoms with Gasteiger partial charge in [0.2, 0.25) is 0 Å². The lowest BCUT2D eigenvalue weighted by atomic mass is 10.0. The Balaban J connectivity index is 2.14. The van der Waals surface area contributed by atoms with E-state index in [1.54, 1.807) is 12.3 Å². The fraction of sp³-hybridized carbons (Fsp3) is 0.0625. The number of nitrogens with zero attached hydrogens (tertiary/aromatic N) is 1. The minimum atomic E-state index is -2.66. The zero-order valence-electron chi connectivity index (χ0n) is 11.3. The highest BCUT2D eigenvalue weighted by Gasteiger charge is 2.26. The van der Waals surface area contributed by atoms with E-state index in [0.717, 1.165) is 32.6 Å². The summed E-state index contributed by atoms with van der Waals surface area (Å²) in [4.78, 5) is 5.27. The first kappa shape index (κ1) is 12.8. The normalized spacial score (nSPS) is 16.7. The largest absolute Gasteiger partial charge is 0.321 e. The topological polar surface area (TPSA) is 42.0 Å². The lowest BCUT2D eigenvalue weighted by Gasteiger charge is -2.31. The summed E-state index contributed by atoms with van der Waals surface area (Å²) in [7, 11) is -2.66. The van der Waals surface area contributed by atoms with Gasteiger partial charge < -0.3 is 4.72 Å². The van der Waals surface area contributed by atoms with Crippen LogP contribution in [0.15, 0.2) is 53.4 Å². The monoisotopic (exact) mass is 316 g/mol. The molecule has 1 aromatic heterocycles. The Morgan fingerprint density at radius 1 is 1.05 bits per heavy atom. The van der Waals surface area contributed by atoms with E-state index in [0.29, 0.717) is 5.15 Å². The van der Waals surface area contributed by atoms with Crippen LogP contribution in [0.4, 0.5) is 5.69 Å². The van der Waals surface area contributed by atoms with Crippen molar-refractivity contribution in [3.63, 3.8) is 0 Å². The van der Waals surface area contributed by atoms with Crippen LogP contribution < -0.4 is 4.72 Å². The van der Waals surface area contributed by atoms with Gasteiger partial charge in [-0.05, 0) is 33.9 Å². The Kier molecular flexibility index (Phi) is 2.62. The Bertz CT molecular complexity index is 939. The molecular weight excluding hydrogens is 304 g/mol. The first-order chi connectivity index (χ1) is 10.1. The zero-order chi connectivity index (χ0) is 14.6. The van der Waals surface area contributed by atoms with Crippen LogP contribution in [0, 0.1) is 0 Å². The van der Waals surface area contributed by atoms with Crippen molar-refractivity contribution in [2.24, 2.45) is 0 Å². The van der Waals surface area contributed by atoms with E-state index in [9.17, 15) is 4.21 Å². The molecule has 1 N–H and O–H groups in total. The Hall–Kier alpha value is -1.91. The van der Waals surface area contributed by atoms with Crippen molar-refractivity contribution in [2.45, 2.75) is 4.90 Å².